The zero-order valence-corrected chi connectivity index (χ0v) is 24.7. The Morgan fingerprint density at radius 3 is 0.833 bits per heavy atom. The molecule has 46 valence electrons. The number of hydrogen-bond acceptors (Lipinski definition) is 5. The van der Waals surface area contributed by atoms with Crippen molar-refractivity contribution in [2.45, 2.75) is 0 Å². The van der Waals surface area contributed by atoms with Gasteiger partial charge in [-0.05, 0) is 0 Å². The van der Waals surface area contributed by atoms with Crippen LogP contribution in [-0.4, -0.2) is 23.0 Å². The molecule has 0 radical (unpaired) electrons. The van der Waals surface area contributed by atoms with E-state index in [-0.39, 0.29) is 253 Å². The SMILES string of the molecule is O=S(=O)([O-])[O-].[H-].[H-].[H-].[K+].[K+].[K+].[Na+].[Na+].[Na+].[OH-]. The van der Waals surface area contributed by atoms with Gasteiger partial charge in [-0.3, -0.25) is 8.42 Å². The van der Waals surface area contributed by atoms with Crippen LogP contribution in [0.3, 0.4) is 0 Å². The average molecular weight is 302 g/mol. The van der Waals surface area contributed by atoms with Gasteiger partial charge in [0, 0.05) is 10.4 Å². The van der Waals surface area contributed by atoms with Crippen molar-refractivity contribution < 1.29 is 270 Å². The first-order valence-electron chi connectivity index (χ1n) is 0.667. The molecule has 5 nitrogen and oxygen atoms in total. The Kier molecular flexibility index (Phi) is 131. The Morgan fingerprint density at radius 1 is 0.833 bits per heavy atom. The molecule has 12 heteroatoms. The second-order valence-corrected chi connectivity index (χ2v) is 1.22. The molecule has 0 unspecified atom stereocenters. The minimum absolute atomic E-state index is 0. The van der Waals surface area contributed by atoms with E-state index in [9.17, 15) is 0 Å². The maximum Gasteiger partial charge on any atom is 1.00 e. The van der Waals surface area contributed by atoms with E-state index in [1.54, 1.807) is 0 Å². The van der Waals surface area contributed by atoms with Crippen LogP contribution in [0.1, 0.15) is 4.28 Å². The van der Waals surface area contributed by atoms with Crippen molar-refractivity contribution in [1.82, 2.24) is 0 Å². The van der Waals surface area contributed by atoms with Gasteiger partial charge < -0.3 is 18.9 Å². The Labute approximate surface area is 271 Å². The second kappa shape index (κ2) is 31.2. The summed E-state index contributed by atoms with van der Waals surface area (Å²) >= 11 is 0. The van der Waals surface area contributed by atoms with Crippen LogP contribution in [0, 0.1) is 0 Å². The van der Waals surface area contributed by atoms with Crippen molar-refractivity contribution in [3.05, 3.63) is 0 Å². The monoisotopic (exact) mass is 302 g/mol. The summed E-state index contributed by atoms with van der Waals surface area (Å²) in [7, 11) is -5.17. The molecule has 0 amide bonds. The van der Waals surface area contributed by atoms with Gasteiger partial charge in [0.1, 0.15) is 0 Å². The Morgan fingerprint density at radius 2 is 0.833 bits per heavy atom. The van der Waals surface area contributed by atoms with Gasteiger partial charge in [-0.1, -0.05) is 0 Å². The third-order valence-electron chi connectivity index (χ3n) is 0. The number of hydrogen-bond donors (Lipinski definition) is 0. The van der Waals surface area contributed by atoms with Gasteiger partial charge in [-0.2, -0.15) is 0 Å². The van der Waals surface area contributed by atoms with Gasteiger partial charge in [0.15, 0.2) is 0 Å². The fourth-order valence-electron chi connectivity index (χ4n) is 0. The first kappa shape index (κ1) is 50.3. The molecule has 0 aromatic carbocycles. The summed E-state index contributed by atoms with van der Waals surface area (Å²) < 4.78 is 34.1. The molecule has 0 saturated carbocycles. The molecule has 0 aromatic heterocycles. The Balaban J connectivity index is -0.00000000178. The van der Waals surface area contributed by atoms with E-state index < -0.39 is 10.4 Å². The topological polar surface area (TPSA) is 110 Å². The quantitative estimate of drug-likeness (QED) is 0.251. The normalized spacial score (nSPS) is 4.83. The van der Waals surface area contributed by atoms with E-state index >= 15 is 0 Å². The van der Waals surface area contributed by atoms with E-state index in [0.29, 0.717) is 0 Å². The van der Waals surface area contributed by atoms with Gasteiger partial charge in [-0.25, -0.2) is 0 Å². The standard InChI is InChI=1S/3K.3Na.H2O4S.H2O.3H/c;;;;;;1-5(2,3)4;;;;/h;;;;;;(H2,1,2,3,4);1H2;;;/q6*+1;;;3*-1/p-3. The van der Waals surface area contributed by atoms with Crippen LogP contribution in [0.25, 0.3) is 0 Å². The molecule has 0 spiro atoms. The molecule has 0 heterocycles. The molecule has 0 aromatic rings. The van der Waals surface area contributed by atoms with Crippen LogP contribution in [0.15, 0.2) is 0 Å². The predicted octanol–water partition coefficient (Wildman–Crippen LogP) is -19.2. The third kappa shape index (κ3) is 83.0. The van der Waals surface area contributed by atoms with Crippen molar-refractivity contribution in [2.24, 2.45) is 0 Å². The zero-order valence-electron chi connectivity index (χ0n) is 11.5. The van der Waals surface area contributed by atoms with Crippen LogP contribution in [0.4, 0.5) is 0 Å². The van der Waals surface area contributed by atoms with E-state index in [4.69, 9.17) is 17.5 Å². The molecule has 0 rings (SSSR count). The summed E-state index contributed by atoms with van der Waals surface area (Å²) in [5, 5.41) is 0. The summed E-state index contributed by atoms with van der Waals surface area (Å²) in [4.78, 5) is 0. The zero-order chi connectivity index (χ0) is 4.50. The summed E-state index contributed by atoms with van der Waals surface area (Å²) in [6.07, 6.45) is 0. The summed E-state index contributed by atoms with van der Waals surface area (Å²) in [5.74, 6) is 0. The number of rotatable bonds is 0. The van der Waals surface area contributed by atoms with Crippen LogP contribution in [-0.2, 0) is 10.4 Å². The molecular formula is H4K3Na3O5S. The van der Waals surface area contributed by atoms with Crippen molar-refractivity contribution >= 4 is 10.4 Å². The molecule has 0 aliphatic heterocycles. The van der Waals surface area contributed by atoms with Crippen LogP contribution in [0.5, 0.6) is 0 Å². The van der Waals surface area contributed by atoms with Crippen LogP contribution < -0.4 is 243 Å². The third-order valence-corrected chi connectivity index (χ3v) is 0. The molecule has 1 N–H and O–H groups in total. The van der Waals surface area contributed by atoms with E-state index in [1.165, 1.54) is 0 Å². The molecule has 0 aliphatic carbocycles. The van der Waals surface area contributed by atoms with E-state index in [0.717, 1.165) is 0 Å². The minimum atomic E-state index is -5.17. The molecule has 0 atom stereocenters. The largest absolute Gasteiger partial charge is 1.00 e. The molecule has 12 heavy (non-hydrogen) atoms. The van der Waals surface area contributed by atoms with Gasteiger partial charge in [0.05, 0.1) is 0 Å². The maximum absolute atomic E-state index is 8.52. The predicted molar refractivity (Wildman–Crippen MR) is 15.7 cm³/mol. The fraction of sp³-hybridized carbons (Fsp3) is 0. The smallest absolute Gasteiger partial charge is 1.00 e. The molecule has 0 aliphatic rings. The first-order valence-corrected chi connectivity index (χ1v) is 2.00. The van der Waals surface area contributed by atoms with Gasteiger partial charge in [-0.15, -0.1) is 0 Å². The molecule has 0 fully saturated rings. The van der Waals surface area contributed by atoms with Crippen molar-refractivity contribution in [3.8, 4) is 0 Å². The van der Waals surface area contributed by atoms with Gasteiger partial charge in [0.2, 0.25) is 0 Å². The molecular weight excluding hydrogens is 298 g/mol. The maximum atomic E-state index is 8.52. The summed E-state index contributed by atoms with van der Waals surface area (Å²) in [6.45, 7) is 0. The fourth-order valence-corrected chi connectivity index (χ4v) is 0. The van der Waals surface area contributed by atoms with Gasteiger partial charge in [0.25, 0.3) is 0 Å². The Hall–Kier alpha value is 7.74. The molecule has 0 saturated heterocycles. The first-order chi connectivity index (χ1) is 2.00. The van der Waals surface area contributed by atoms with Crippen LogP contribution >= 0.6 is 0 Å². The second-order valence-electron chi connectivity index (χ2n) is 0.408. The average Bonchev–Trinajstić information content (AvgIpc) is 0.722. The van der Waals surface area contributed by atoms with Crippen molar-refractivity contribution in [1.29, 1.82) is 0 Å². The summed E-state index contributed by atoms with van der Waals surface area (Å²) in [5.41, 5.74) is 0. The van der Waals surface area contributed by atoms with Crippen molar-refractivity contribution in [2.75, 3.05) is 0 Å². The van der Waals surface area contributed by atoms with Gasteiger partial charge >= 0.3 is 243 Å². The van der Waals surface area contributed by atoms with Crippen molar-refractivity contribution in [3.63, 3.8) is 0 Å². The Bertz CT molecular complexity index is 116. The molecule has 0 bridgehead atoms. The van der Waals surface area contributed by atoms with Crippen LogP contribution in [0.2, 0.25) is 0 Å². The van der Waals surface area contributed by atoms with E-state index in [1.807, 2.05) is 0 Å². The minimum Gasteiger partial charge on any atom is -1.00 e. The summed E-state index contributed by atoms with van der Waals surface area (Å²) in [6, 6.07) is 0. The van der Waals surface area contributed by atoms with E-state index in [2.05, 4.69) is 0 Å².